The van der Waals surface area contributed by atoms with E-state index in [4.69, 9.17) is 0 Å². The van der Waals surface area contributed by atoms with Crippen molar-refractivity contribution in [3.8, 4) is 0 Å². The van der Waals surface area contributed by atoms with Crippen molar-refractivity contribution in [2.75, 3.05) is 23.3 Å². The van der Waals surface area contributed by atoms with Gasteiger partial charge in [0, 0.05) is 30.5 Å². The highest BCUT2D eigenvalue weighted by molar-refractivity contribution is 7.20. The van der Waals surface area contributed by atoms with Crippen LogP contribution in [0.2, 0.25) is 0 Å². The van der Waals surface area contributed by atoms with Gasteiger partial charge in [-0.15, -0.1) is 5.10 Å². The number of hydrogen-bond acceptors (Lipinski definition) is 6. The summed E-state index contributed by atoms with van der Waals surface area (Å²) >= 11 is 1.39. The minimum atomic E-state index is -0.175. The Labute approximate surface area is 167 Å². The van der Waals surface area contributed by atoms with Crippen molar-refractivity contribution < 1.29 is 4.79 Å². The third kappa shape index (κ3) is 3.52. The van der Waals surface area contributed by atoms with Gasteiger partial charge in [0.1, 0.15) is 0 Å². The molecule has 0 saturated carbocycles. The van der Waals surface area contributed by atoms with E-state index in [1.165, 1.54) is 21.9 Å². The lowest BCUT2D eigenvalue weighted by molar-refractivity contribution is -0.120. The lowest BCUT2D eigenvalue weighted by Gasteiger charge is -2.31. The highest BCUT2D eigenvalue weighted by atomic mass is 32.1. The molecule has 0 spiro atoms. The molecule has 0 radical (unpaired) electrons. The molecule has 0 aliphatic carbocycles. The fraction of sp³-hybridized carbons (Fsp3) is 0.400. The Hall–Kier alpha value is -2.74. The largest absolute Gasteiger partial charge is 0.346 e. The van der Waals surface area contributed by atoms with Gasteiger partial charge in [0.15, 0.2) is 0 Å². The van der Waals surface area contributed by atoms with Gasteiger partial charge in [-0.25, -0.2) is 4.98 Å². The zero-order valence-electron chi connectivity index (χ0n) is 16.2. The molecule has 1 aromatic carbocycles. The van der Waals surface area contributed by atoms with Crippen LogP contribution in [0.4, 0.5) is 10.8 Å². The maximum Gasteiger partial charge on any atom is 0.275 e. The Bertz CT molecular complexity index is 1100. The summed E-state index contributed by atoms with van der Waals surface area (Å²) in [5, 5.41) is 8.26. The fourth-order valence-electron chi connectivity index (χ4n) is 3.52. The van der Waals surface area contributed by atoms with Gasteiger partial charge in [0.05, 0.1) is 5.92 Å². The average molecular weight is 398 g/mol. The van der Waals surface area contributed by atoms with Crippen LogP contribution < -0.4 is 15.8 Å². The molecule has 1 aliphatic rings. The Morgan fingerprint density at radius 2 is 2.11 bits per heavy atom. The lowest BCUT2D eigenvalue weighted by atomic mass is 9.97. The van der Waals surface area contributed by atoms with E-state index in [9.17, 15) is 9.59 Å². The molecular weight excluding hydrogens is 374 g/mol. The number of fused-ring (bicyclic) bond motifs is 1. The number of hydrogen-bond donors (Lipinski definition) is 1. The number of benzene rings is 1. The summed E-state index contributed by atoms with van der Waals surface area (Å²) in [5.74, 6) is -0.0854. The van der Waals surface area contributed by atoms with E-state index in [0.29, 0.717) is 17.2 Å². The number of aromatic nitrogens is 3. The van der Waals surface area contributed by atoms with Gasteiger partial charge in [-0.2, -0.15) is 4.52 Å². The van der Waals surface area contributed by atoms with E-state index in [0.717, 1.165) is 41.3 Å². The molecule has 146 valence electrons. The highest BCUT2D eigenvalue weighted by Gasteiger charge is 2.28. The van der Waals surface area contributed by atoms with Crippen LogP contribution >= 0.6 is 11.3 Å². The van der Waals surface area contributed by atoms with Crippen LogP contribution in [0.25, 0.3) is 4.96 Å². The molecule has 0 unspecified atom stereocenters. The Morgan fingerprint density at radius 1 is 1.29 bits per heavy atom. The number of carbonyl (C=O) groups excluding carboxylic acids is 1. The van der Waals surface area contributed by atoms with Crippen LogP contribution in [0.5, 0.6) is 0 Å². The molecule has 4 rings (SSSR count). The number of carbonyl (C=O) groups is 1. The van der Waals surface area contributed by atoms with Crippen molar-refractivity contribution in [1.29, 1.82) is 0 Å². The maximum atomic E-state index is 12.9. The number of amides is 1. The summed E-state index contributed by atoms with van der Waals surface area (Å²) in [4.78, 5) is 32.0. The molecule has 1 N–H and O–H groups in total. The van der Waals surface area contributed by atoms with Gasteiger partial charge in [-0.05, 0) is 50.8 Å². The first-order valence-electron chi connectivity index (χ1n) is 9.42. The zero-order chi connectivity index (χ0) is 19.8. The van der Waals surface area contributed by atoms with Crippen molar-refractivity contribution in [2.45, 2.75) is 33.6 Å². The molecule has 3 heterocycles. The Morgan fingerprint density at radius 3 is 2.93 bits per heavy atom. The average Bonchev–Trinajstić information content (AvgIpc) is 3.10. The van der Waals surface area contributed by atoms with Crippen LogP contribution in [0.3, 0.4) is 0 Å². The van der Waals surface area contributed by atoms with Gasteiger partial charge in [0.25, 0.3) is 5.56 Å². The van der Waals surface area contributed by atoms with Crippen molar-refractivity contribution >= 4 is 33.0 Å². The summed E-state index contributed by atoms with van der Waals surface area (Å²) in [6, 6.07) is 7.42. The minimum absolute atomic E-state index is 0.0330. The molecule has 1 fully saturated rings. The fourth-order valence-corrected chi connectivity index (χ4v) is 4.51. The van der Waals surface area contributed by atoms with Crippen LogP contribution in [0, 0.1) is 26.7 Å². The van der Waals surface area contributed by atoms with Crippen LogP contribution in [-0.4, -0.2) is 33.6 Å². The standard InChI is InChI=1S/C20H23N5O2S/c1-12-6-4-8-16(14(12)3)22-18(27)15-7-5-9-24(11-15)20-23-25-17(26)10-13(2)21-19(25)28-20/h4,6,8,10,15H,5,7,9,11H2,1-3H3,(H,22,27)/t15-/m1/s1. The third-order valence-electron chi connectivity index (χ3n) is 5.29. The predicted octanol–water partition coefficient (Wildman–Crippen LogP) is 2.93. The minimum Gasteiger partial charge on any atom is -0.346 e. The number of rotatable bonds is 3. The molecule has 1 saturated heterocycles. The Kier molecular flexibility index (Phi) is 4.89. The van der Waals surface area contributed by atoms with Crippen molar-refractivity contribution in [3.05, 3.63) is 51.4 Å². The van der Waals surface area contributed by atoms with E-state index in [-0.39, 0.29) is 17.4 Å². The first-order valence-corrected chi connectivity index (χ1v) is 10.2. The van der Waals surface area contributed by atoms with Crippen LogP contribution in [0.15, 0.2) is 29.1 Å². The zero-order valence-corrected chi connectivity index (χ0v) is 17.0. The number of nitrogens with zero attached hydrogens (tertiary/aromatic N) is 4. The molecule has 7 nitrogen and oxygen atoms in total. The predicted molar refractivity (Wildman–Crippen MR) is 111 cm³/mol. The monoisotopic (exact) mass is 397 g/mol. The molecular formula is C20H23N5O2S. The van der Waals surface area contributed by atoms with Crippen molar-refractivity contribution in [2.24, 2.45) is 5.92 Å². The summed E-state index contributed by atoms with van der Waals surface area (Å²) in [5.41, 5.74) is 3.63. The van der Waals surface area contributed by atoms with E-state index >= 15 is 0 Å². The van der Waals surface area contributed by atoms with Gasteiger partial charge < -0.3 is 10.2 Å². The number of nitrogens with one attached hydrogen (secondary N) is 1. The molecule has 0 bridgehead atoms. The molecule has 1 aliphatic heterocycles. The quantitative estimate of drug-likeness (QED) is 0.735. The molecule has 28 heavy (non-hydrogen) atoms. The smallest absolute Gasteiger partial charge is 0.275 e. The molecule has 2 aromatic heterocycles. The second-order valence-electron chi connectivity index (χ2n) is 7.34. The van der Waals surface area contributed by atoms with Crippen molar-refractivity contribution in [1.82, 2.24) is 14.6 Å². The summed E-state index contributed by atoms with van der Waals surface area (Å²) in [7, 11) is 0. The first-order chi connectivity index (χ1) is 13.4. The summed E-state index contributed by atoms with van der Waals surface area (Å²) in [6.45, 7) is 7.27. The maximum absolute atomic E-state index is 12.9. The summed E-state index contributed by atoms with van der Waals surface area (Å²) < 4.78 is 1.34. The second-order valence-corrected chi connectivity index (χ2v) is 8.27. The number of piperidine rings is 1. The van der Waals surface area contributed by atoms with E-state index in [1.54, 1.807) is 6.92 Å². The lowest BCUT2D eigenvalue weighted by Crippen LogP contribution is -2.41. The second kappa shape index (κ2) is 7.35. The molecule has 1 atom stereocenters. The molecule has 8 heteroatoms. The van der Waals surface area contributed by atoms with Gasteiger partial charge in [0.2, 0.25) is 16.0 Å². The van der Waals surface area contributed by atoms with E-state index < -0.39 is 0 Å². The highest BCUT2D eigenvalue weighted by Crippen LogP contribution is 2.28. The van der Waals surface area contributed by atoms with Gasteiger partial charge >= 0.3 is 0 Å². The normalized spacial score (nSPS) is 17.1. The van der Waals surface area contributed by atoms with Crippen LogP contribution in [0.1, 0.15) is 29.7 Å². The topological polar surface area (TPSA) is 79.6 Å². The van der Waals surface area contributed by atoms with E-state index in [1.807, 2.05) is 32.0 Å². The van der Waals surface area contributed by atoms with Gasteiger partial charge in [-0.3, -0.25) is 9.59 Å². The number of anilines is 2. The first kappa shape index (κ1) is 18.6. The van der Waals surface area contributed by atoms with Crippen molar-refractivity contribution in [3.63, 3.8) is 0 Å². The number of aryl methyl sites for hydroxylation is 2. The molecule has 3 aromatic rings. The molecule has 1 amide bonds. The van der Waals surface area contributed by atoms with E-state index in [2.05, 4.69) is 20.3 Å². The summed E-state index contributed by atoms with van der Waals surface area (Å²) in [6.07, 6.45) is 1.75. The SMILES string of the molecule is Cc1cc(=O)n2nc(N3CCC[C@@H](C(=O)Nc4cccc(C)c4C)C3)sc2n1. The van der Waals surface area contributed by atoms with Crippen LogP contribution in [-0.2, 0) is 4.79 Å². The third-order valence-corrected chi connectivity index (χ3v) is 6.26. The Balaban J connectivity index is 1.53. The van der Waals surface area contributed by atoms with Gasteiger partial charge in [-0.1, -0.05) is 23.5 Å².